The summed E-state index contributed by atoms with van der Waals surface area (Å²) in [5, 5.41) is 8.97. The van der Waals surface area contributed by atoms with Crippen molar-refractivity contribution in [1.29, 1.82) is 0 Å². The maximum atomic E-state index is 12.8. The molecule has 0 atom stereocenters. The number of rotatable bonds is 12. The average Bonchev–Trinajstić information content (AvgIpc) is 2.78. The van der Waals surface area contributed by atoms with Crippen molar-refractivity contribution in [3.05, 3.63) is 34.9 Å². The summed E-state index contributed by atoms with van der Waals surface area (Å²) in [5.74, 6) is -0.799. The Balaban J connectivity index is 3.27. The Kier molecular flexibility index (Phi) is 11.2. The molecular weight excluding hydrogens is 378 g/mol. The van der Waals surface area contributed by atoms with E-state index in [1.165, 1.54) is 0 Å². The summed E-state index contributed by atoms with van der Waals surface area (Å²) in [4.78, 5) is 38.5. The van der Waals surface area contributed by atoms with Gasteiger partial charge in [0.1, 0.15) is 0 Å². The molecule has 6 heteroatoms. The van der Waals surface area contributed by atoms with Crippen LogP contribution in [-0.4, -0.2) is 35.8 Å². The van der Waals surface area contributed by atoms with E-state index in [0.717, 1.165) is 38.5 Å². The second-order valence-electron chi connectivity index (χ2n) is 7.76. The Hall–Kier alpha value is -2.37. The van der Waals surface area contributed by atoms with E-state index in [-0.39, 0.29) is 35.8 Å². The van der Waals surface area contributed by atoms with Crippen molar-refractivity contribution in [2.24, 2.45) is 0 Å². The highest BCUT2D eigenvalue weighted by Crippen LogP contribution is 2.14. The fourth-order valence-corrected chi connectivity index (χ4v) is 3.31. The van der Waals surface area contributed by atoms with Crippen LogP contribution in [0.1, 0.15) is 111 Å². The third-order valence-corrected chi connectivity index (χ3v) is 5.68. The molecule has 0 aliphatic carbocycles. The van der Waals surface area contributed by atoms with Crippen LogP contribution in [0.4, 0.5) is 0 Å². The lowest BCUT2D eigenvalue weighted by molar-refractivity contribution is 0.0934. The molecule has 1 aromatic carbocycles. The number of hydrogen-bond acceptors (Lipinski definition) is 3. The van der Waals surface area contributed by atoms with E-state index in [1.54, 1.807) is 18.2 Å². The normalized spacial score (nSPS) is 11.1. The van der Waals surface area contributed by atoms with E-state index in [2.05, 4.69) is 16.0 Å². The van der Waals surface area contributed by atoms with Crippen LogP contribution in [0, 0.1) is 0 Å². The molecule has 168 valence electrons. The Labute approximate surface area is 181 Å². The van der Waals surface area contributed by atoms with Gasteiger partial charge in [-0.05, 0) is 56.7 Å². The van der Waals surface area contributed by atoms with Gasteiger partial charge in [-0.2, -0.15) is 0 Å². The molecule has 3 amide bonds. The quantitative estimate of drug-likeness (QED) is 0.470. The lowest BCUT2D eigenvalue weighted by atomic mass is 10.0. The van der Waals surface area contributed by atoms with Crippen LogP contribution in [0.2, 0.25) is 0 Å². The molecule has 0 bridgehead atoms. The van der Waals surface area contributed by atoms with E-state index >= 15 is 0 Å². The lowest BCUT2D eigenvalue weighted by Gasteiger charge is -2.18. The van der Waals surface area contributed by atoms with Gasteiger partial charge < -0.3 is 16.0 Å². The fraction of sp³-hybridized carbons (Fsp3) is 0.625. The van der Waals surface area contributed by atoms with E-state index in [4.69, 9.17) is 0 Å². The number of hydrogen-bond donors (Lipinski definition) is 3. The van der Waals surface area contributed by atoms with E-state index in [0.29, 0.717) is 16.7 Å². The summed E-state index contributed by atoms with van der Waals surface area (Å²) in [6, 6.07) is 4.89. The van der Waals surface area contributed by atoms with E-state index in [1.807, 2.05) is 41.5 Å². The maximum Gasteiger partial charge on any atom is 0.251 e. The van der Waals surface area contributed by atoms with Crippen molar-refractivity contribution in [3.8, 4) is 0 Å². The summed E-state index contributed by atoms with van der Waals surface area (Å²) in [7, 11) is 0. The van der Waals surface area contributed by atoms with Crippen molar-refractivity contribution >= 4 is 17.7 Å². The Morgan fingerprint density at radius 1 is 0.533 bits per heavy atom. The minimum Gasteiger partial charge on any atom is -0.349 e. The highest BCUT2D eigenvalue weighted by Gasteiger charge is 2.20. The number of carbonyl (C=O) groups excluding carboxylic acids is 3. The van der Waals surface area contributed by atoms with Gasteiger partial charge in [0, 0.05) is 34.8 Å². The molecule has 0 aliphatic heterocycles. The number of benzene rings is 1. The van der Waals surface area contributed by atoms with Crippen molar-refractivity contribution in [1.82, 2.24) is 16.0 Å². The maximum absolute atomic E-state index is 12.8. The largest absolute Gasteiger partial charge is 0.349 e. The van der Waals surface area contributed by atoms with Gasteiger partial charge in [-0.3, -0.25) is 14.4 Å². The summed E-state index contributed by atoms with van der Waals surface area (Å²) >= 11 is 0. The summed E-state index contributed by atoms with van der Waals surface area (Å²) in [6.45, 7) is 12.1. The van der Waals surface area contributed by atoms with Crippen LogP contribution in [0.5, 0.6) is 0 Å². The highest BCUT2D eigenvalue weighted by molar-refractivity contribution is 6.04. The van der Waals surface area contributed by atoms with Crippen LogP contribution in [0.25, 0.3) is 0 Å². The molecule has 0 aliphatic rings. The van der Waals surface area contributed by atoms with Gasteiger partial charge in [-0.25, -0.2) is 0 Å². The number of carbonyl (C=O) groups is 3. The molecule has 3 N–H and O–H groups in total. The minimum absolute atomic E-state index is 0.0568. The van der Waals surface area contributed by atoms with Crippen LogP contribution < -0.4 is 16.0 Å². The highest BCUT2D eigenvalue weighted by atomic mass is 16.2. The molecular formula is C24H39N3O3. The number of nitrogens with one attached hydrogen (secondary N) is 3. The molecule has 0 saturated carbocycles. The summed E-state index contributed by atoms with van der Waals surface area (Å²) in [6.07, 6.45) is 4.91. The third-order valence-electron chi connectivity index (χ3n) is 5.68. The zero-order valence-corrected chi connectivity index (χ0v) is 19.4. The monoisotopic (exact) mass is 417 g/mol. The smallest absolute Gasteiger partial charge is 0.251 e. The van der Waals surface area contributed by atoms with Crippen LogP contribution in [0.3, 0.4) is 0 Å². The Morgan fingerprint density at radius 3 is 0.900 bits per heavy atom. The summed E-state index contributed by atoms with van der Waals surface area (Å²) in [5.41, 5.74) is 0.983. The topological polar surface area (TPSA) is 87.3 Å². The predicted molar refractivity (Wildman–Crippen MR) is 122 cm³/mol. The average molecular weight is 418 g/mol. The molecule has 0 unspecified atom stereocenters. The fourth-order valence-electron chi connectivity index (χ4n) is 3.31. The van der Waals surface area contributed by atoms with Crippen LogP contribution >= 0.6 is 0 Å². The molecule has 0 aromatic heterocycles. The molecule has 6 nitrogen and oxygen atoms in total. The van der Waals surface area contributed by atoms with Crippen molar-refractivity contribution < 1.29 is 14.4 Å². The van der Waals surface area contributed by atoms with Gasteiger partial charge in [0.05, 0.1) is 0 Å². The summed E-state index contributed by atoms with van der Waals surface area (Å²) < 4.78 is 0. The first-order valence-corrected chi connectivity index (χ1v) is 11.4. The first-order chi connectivity index (χ1) is 14.3. The van der Waals surface area contributed by atoms with Crippen LogP contribution in [0.15, 0.2) is 18.2 Å². The Morgan fingerprint density at radius 2 is 0.733 bits per heavy atom. The lowest BCUT2D eigenvalue weighted by Crippen LogP contribution is -2.37. The first kappa shape index (κ1) is 25.7. The van der Waals surface area contributed by atoms with Crippen molar-refractivity contribution in [2.45, 2.75) is 98.2 Å². The zero-order chi connectivity index (χ0) is 22.7. The molecule has 1 rings (SSSR count). The second kappa shape index (κ2) is 13.0. The third kappa shape index (κ3) is 7.47. The van der Waals surface area contributed by atoms with Crippen molar-refractivity contribution in [3.63, 3.8) is 0 Å². The van der Waals surface area contributed by atoms with Gasteiger partial charge in [0.2, 0.25) is 0 Å². The molecule has 0 fully saturated rings. The van der Waals surface area contributed by atoms with Gasteiger partial charge in [0.15, 0.2) is 0 Å². The zero-order valence-electron chi connectivity index (χ0n) is 19.4. The standard InChI is InChI=1S/C24H39N3O3/c1-7-19(8-2)25-22(28)16-13-17(23(29)26-20(9-3)10-4)15-18(14-16)24(30)27-21(11-5)12-6/h13-15,19-21H,7-12H2,1-6H3,(H,25,28)(H,26,29)(H,27,30). The molecule has 1 aromatic rings. The van der Waals surface area contributed by atoms with E-state index < -0.39 is 0 Å². The molecule has 0 radical (unpaired) electrons. The van der Waals surface area contributed by atoms with E-state index in [9.17, 15) is 14.4 Å². The molecule has 30 heavy (non-hydrogen) atoms. The number of amides is 3. The van der Waals surface area contributed by atoms with Crippen molar-refractivity contribution in [2.75, 3.05) is 0 Å². The van der Waals surface area contributed by atoms with Gasteiger partial charge in [-0.15, -0.1) is 0 Å². The molecule has 0 spiro atoms. The van der Waals surface area contributed by atoms with Gasteiger partial charge in [0.25, 0.3) is 17.7 Å². The van der Waals surface area contributed by atoms with Gasteiger partial charge in [-0.1, -0.05) is 41.5 Å². The van der Waals surface area contributed by atoms with Gasteiger partial charge >= 0.3 is 0 Å². The molecule has 0 heterocycles. The predicted octanol–water partition coefficient (Wildman–Crippen LogP) is 4.44. The first-order valence-electron chi connectivity index (χ1n) is 11.4. The second-order valence-corrected chi connectivity index (χ2v) is 7.76. The minimum atomic E-state index is -0.266. The SMILES string of the molecule is CCC(CC)NC(=O)c1cc(C(=O)NC(CC)CC)cc(C(=O)NC(CC)CC)c1. The van der Waals surface area contributed by atoms with Crippen LogP contribution in [-0.2, 0) is 0 Å². The Bertz CT molecular complexity index is 598. The molecule has 0 saturated heterocycles.